The van der Waals surface area contributed by atoms with E-state index in [4.69, 9.17) is 11.1 Å². The van der Waals surface area contributed by atoms with Crippen LogP contribution in [0.4, 0.5) is 0 Å². The van der Waals surface area contributed by atoms with Gasteiger partial charge in [0.05, 0.1) is 12.4 Å². The maximum atomic E-state index is 10.2. The molecule has 4 heteroatoms. The van der Waals surface area contributed by atoms with Gasteiger partial charge in [-0.05, 0) is 6.92 Å². The van der Waals surface area contributed by atoms with E-state index >= 15 is 0 Å². The molecular weight excluding hydrogens is 106 g/mol. The topological polar surface area (TPSA) is 79.0 Å². The summed E-state index contributed by atoms with van der Waals surface area (Å²) in [5.41, 5.74) is 4.91. The summed E-state index contributed by atoms with van der Waals surface area (Å²) in [5.74, 6) is -0.196. The molecule has 4 nitrogen and oxygen atoms in total. The van der Waals surface area contributed by atoms with Crippen LogP contribution >= 0.6 is 0 Å². The zero-order chi connectivity index (χ0) is 6.57. The second-order valence-electron chi connectivity index (χ2n) is 1.38. The molecule has 0 saturated heterocycles. The number of hydrogen-bond acceptors (Lipinski definition) is 3. The van der Waals surface area contributed by atoms with E-state index in [1.54, 1.807) is 0 Å². The summed E-state index contributed by atoms with van der Waals surface area (Å²) in [7, 11) is 0. The van der Waals surface area contributed by atoms with Crippen LogP contribution in [0.25, 0.3) is 0 Å². The molecule has 0 heterocycles. The van der Waals surface area contributed by atoms with E-state index in [0.29, 0.717) is 0 Å². The third-order valence-electron chi connectivity index (χ3n) is 0.512. The van der Waals surface area contributed by atoms with Crippen LogP contribution in [0.2, 0.25) is 0 Å². The van der Waals surface area contributed by atoms with Crippen molar-refractivity contribution in [2.45, 2.75) is 6.92 Å². The van der Waals surface area contributed by atoms with Gasteiger partial charge in [0, 0.05) is 0 Å². The highest BCUT2D eigenvalue weighted by molar-refractivity contribution is 5.96. The van der Waals surface area contributed by atoms with Crippen molar-refractivity contribution in [3.05, 3.63) is 0 Å². The molecule has 0 aliphatic heterocycles. The Labute approximate surface area is 47.6 Å². The van der Waals surface area contributed by atoms with Crippen LogP contribution in [-0.2, 0) is 4.79 Å². The molecule has 0 spiro atoms. The predicted octanol–water partition coefficient (Wildman–Crippen LogP) is -0.942. The standard InChI is InChI=1S/C4H9N3O/c1-3(6)7-4(8)2-5/h2,5H2,1H3,(H2,6,7,8). The van der Waals surface area contributed by atoms with Crippen molar-refractivity contribution in [3.8, 4) is 0 Å². The summed E-state index contributed by atoms with van der Waals surface area (Å²) < 4.78 is 0. The van der Waals surface area contributed by atoms with E-state index in [0.717, 1.165) is 0 Å². The van der Waals surface area contributed by atoms with Crippen molar-refractivity contribution in [2.24, 2.45) is 5.73 Å². The van der Waals surface area contributed by atoms with Crippen molar-refractivity contribution in [3.63, 3.8) is 0 Å². The van der Waals surface area contributed by atoms with E-state index in [2.05, 4.69) is 5.32 Å². The minimum Gasteiger partial charge on any atom is -0.322 e. The zero-order valence-corrected chi connectivity index (χ0v) is 4.69. The molecule has 0 radical (unpaired) electrons. The first-order chi connectivity index (χ1) is 3.66. The van der Waals surface area contributed by atoms with Gasteiger partial charge in [0.2, 0.25) is 5.91 Å². The highest BCUT2D eigenvalue weighted by Gasteiger charge is 1.93. The fourth-order valence-electron chi connectivity index (χ4n) is 0.260. The average Bonchev–Trinajstić information content (AvgIpc) is 1.65. The minimum atomic E-state index is -0.322. The SMILES string of the molecule is CC(=N)NC(=O)CN. The predicted molar refractivity (Wildman–Crippen MR) is 30.6 cm³/mol. The maximum Gasteiger partial charge on any atom is 0.238 e. The molecule has 0 aromatic carbocycles. The summed E-state index contributed by atoms with van der Waals surface area (Å²) in [4.78, 5) is 10.2. The molecule has 46 valence electrons. The highest BCUT2D eigenvalue weighted by atomic mass is 16.1. The molecular formula is C4H9N3O. The number of rotatable bonds is 1. The van der Waals surface area contributed by atoms with Gasteiger partial charge in [-0.2, -0.15) is 0 Å². The molecule has 0 fully saturated rings. The van der Waals surface area contributed by atoms with Crippen LogP contribution in [0.5, 0.6) is 0 Å². The Hall–Kier alpha value is -0.900. The van der Waals surface area contributed by atoms with E-state index in [1.165, 1.54) is 6.92 Å². The quantitative estimate of drug-likeness (QED) is 0.304. The summed E-state index contributed by atoms with van der Waals surface area (Å²) in [6, 6.07) is 0. The lowest BCUT2D eigenvalue weighted by Crippen LogP contribution is -2.33. The summed E-state index contributed by atoms with van der Waals surface area (Å²) in [5, 5.41) is 8.95. The first kappa shape index (κ1) is 7.10. The van der Waals surface area contributed by atoms with Crippen molar-refractivity contribution < 1.29 is 4.79 Å². The summed E-state index contributed by atoms with van der Waals surface area (Å²) in [6.45, 7) is 1.42. The third-order valence-corrected chi connectivity index (χ3v) is 0.512. The lowest BCUT2D eigenvalue weighted by atomic mass is 10.5. The van der Waals surface area contributed by atoms with Crippen LogP contribution < -0.4 is 11.1 Å². The van der Waals surface area contributed by atoms with Gasteiger partial charge >= 0.3 is 0 Å². The van der Waals surface area contributed by atoms with Crippen molar-refractivity contribution in [1.29, 1.82) is 5.41 Å². The lowest BCUT2D eigenvalue weighted by Gasteiger charge is -1.96. The van der Waals surface area contributed by atoms with Gasteiger partial charge in [-0.25, -0.2) is 0 Å². The second-order valence-corrected chi connectivity index (χ2v) is 1.38. The second kappa shape index (κ2) is 3.15. The number of amides is 1. The molecule has 0 aliphatic rings. The maximum absolute atomic E-state index is 10.2. The minimum absolute atomic E-state index is 0.0593. The molecule has 8 heavy (non-hydrogen) atoms. The molecule has 0 aliphatic carbocycles. The van der Waals surface area contributed by atoms with E-state index in [9.17, 15) is 4.79 Å². The highest BCUT2D eigenvalue weighted by Crippen LogP contribution is 1.60. The number of hydrogen-bond donors (Lipinski definition) is 3. The van der Waals surface area contributed by atoms with Gasteiger partial charge in [0.25, 0.3) is 0 Å². The average molecular weight is 115 g/mol. The molecule has 0 saturated carbocycles. The van der Waals surface area contributed by atoms with Crippen molar-refractivity contribution in [2.75, 3.05) is 6.54 Å². The van der Waals surface area contributed by atoms with Crippen LogP contribution in [0.1, 0.15) is 6.92 Å². The molecule has 0 aromatic heterocycles. The Bertz CT molecular complexity index is 110. The Morgan fingerprint density at radius 3 is 2.50 bits per heavy atom. The number of amidine groups is 1. The van der Waals surface area contributed by atoms with Crippen LogP contribution in [0, 0.1) is 5.41 Å². The molecule has 0 aromatic rings. The first-order valence-electron chi connectivity index (χ1n) is 2.22. The molecule has 0 unspecified atom stereocenters. The van der Waals surface area contributed by atoms with Gasteiger partial charge in [-0.15, -0.1) is 0 Å². The largest absolute Gasteiger partial charge is 0.322 e. The van der Waals surface area contributed by atoms with E-state index in [-0.39, 0.29) is 18.3 Å². The Balaban J connectivity index is 3.40. The van der Waals surface area contributed by atoms with Gasteiger partial charge in [-0.3, -0.25) is 10.2 Å². The first-order valence-corrected chi connectivity index (χ1v) is 2.22. The third kappa shape index (κ3) is 3.30. The zero-order valence-electron chi connectivity index (χ0n) is 4.69. The van der Waals surface area contributed by atoms with Crippen molar-refractivity contribution >= 4 is 11.7 Å². The van der Waals surface area contributed by atoms with Gasteiger partial charge in [0.15, 0.2) is 0 Å². The van der Waals surface area contributed by atoms with Gasteiger partial charge < -0.3 is 11.1 Å². The Morgan fingerprint density at radius 1 is 1.88 bits per heavy atom. The number of nitrogens with two attached hydrogens (primary N) is 1. The van der Waals surface area contributed by atoms with Crippen LogP contribution in [0.3, 0.4) is 0 Å². The smallest absolute Gasteiger partial charge is 0.238 e. The monoisotopic (exact) mass is 115 g/mol. The summed E-state index contributed by atoms with van der Waals surface area (Å²) >= 11 is 0. The van der Waals surface area contributed by atoms with Crippen molar-refractivity contribution in [1.82, 2.24) is 5.32 Å². The molecule has 0 bridgehead atoms. The number of nitrogens with one attached hydrogen (secondary N) is 2. The Kier molecular flexibility index (Phi) is 2.79. The molecule has 0 atom stereocenters. The summed E-state index contributed by atoms with van der Waals surface area (Å²) in [6.07, 6.45) is 0. The van der Waals surface area contributed by atoms with Crippen LogP contribution in [-0.4, -0.2) is 18.3 Å². The fourth-order valence-corrected chi connectivity index (χ4v) is 0.260. The molecule has 1 amide bonds. The Morgan fingerprint density at radius 2 is 2.38 bits per heavy atom. The van der Waals surface area contributed by atoms with E-state index in [1.807, 2.05) is 0 Å². The fraction of sp³-hybridized carbons (Fsp3) is 0.500. The molecule has 0 rings (SSSR count). The number of carbonyl (C=O) groups excluding carboxylic acids is 1. The van der Waals surface area contributed by atoms with Gasteiger partial charge in [-0.1, -0.05) is 0 Å². The van der Waals surface area contributed by atoms with Gasteiger partial charge in [0.1, 0.15) is 0 Å². The number of carbonyl (C=O) groups is 1. The van der Waals surface area contributed by atoms with E-state index < -0.39 is 0 Å². The normalized spacial score (nSPS) is 8.25. The molecule has 4 N–H and O–H groups in total. The van der Waals surface area contributed by atoms with Crippen LogP contribution in [0.15, 0.2) is 0 Å². The lowest BCUT2D eigenvalue weighted by molar-refractivity contribution is -0.118.